The SMILES string of the molecule is CCc1ccccc1C(=O)NC(C)(C)C(C)N. The minimum absolute atomic E-state index is 0.0512. The molecule has 3 N–H and O–H groups in total. The summed E-state index contributed by atoms with van der Waals surface area (Å²) in [5.74, 6) is -0.0512. The van der Waals surface area contributed by atoms with Gasteiger partial charge in [0.1, 0.15) is 0 Å². The summed E-state index contributed by atoms with van der Waals surface area (Å²) in [6.07, 6.45) is 0.849. The van der Waals surface area contributed by atoms with Crippen LogP contribution in [0.15, 0.2) is 24.3 Å². The Kier molecular flexibility index (Phi) is 4.29. The van der Waals surface area contributed by atoms with Crippen molar-refractivity contribution in [2.24, 2.45) is 5.73 Å². The molecule has 3 heteroatoms. The molecule has 0 fully saturated rings. The molecule has 17 heavy (non-hydrogen) atoms. The molecule has 0 aliphatic heterocycles. The lowest BCUT2D eigenvalue weighted by molar-refractivity contribution is 0.0902. The average Bonchev–Trinajstić information content (AvgIpc) is 2.28. The second-order valence-electron chi connectivity index (χ2n) is 4.98. The predicted octanol–water partition coefficient (Wildman–Crippen LogP) is 2.10. The Hall–Kier alpha value is -1.35. The van der Waals surface area contributed by atoms with Crippen LogP contribution in [-0.2, 0) is 6.42 Å². The van der Waals surface area contributed by atoms with Crippen LogP contribution in [0.3, 0.4) is 0 Å². The fourth-order valence-corrected chi connectivity index (χ4v) is 1.52. The molecule has 0 bridgehead atoms. The van der Waals surface area contributed by atoms with Gasteiger partial charge in [0.05, 0.1) is 0 Å². The van der Waals surface area contributed by atoms with Gasteiger partial charge < -0.3 is 11.1 Å². The fraction of sp³-hybridized carbons (Fsp3) is 0.500. The number of benzene rings is 1. The van der Waals surface area contributed by atoms with Crippen LogP contribution >= 0.6 is 0 Å². The van der Waals surface area contributed by atoms with Crippen molar-refractivity contribution in [3.05, 3.63) is 35.4 Å². The highest BCUT2D eigenvalue weighted by atomic mass is 16.1. The molecule has 1 atom stereocenters. The van der Waals surface area contributed by atoms with Crippen LogP contribution in [0.4, 0.5) is 0 Å². The van der Waals surface area contributed by atoms with Crippen LogP contribution in [0.2, 0.25) is 0 Å². The molecule has 0 saturated heterocycles. The van der Waals surface area contributed by atoms with Crippen molar-refractivity contribution >= 4 is 5.91 Å². The Labute approximate surface area is 103 Å². The van der Waals surface area contributed by atoms with Crippen LogP contribution in [0.25, 0.3) is 0 Å². The molecule has 0 saturated carbocycles. The van der Waals surface area contributed by atoms with Crippen LogP contribution in [0.1, 0.15) is 43.6 Å². The molecule has 0 aliphatic rings. The zero-order valence-electron chi connectivity index (χ0n) is 11.1. The minimum Gasteiger partial charge on any atom is -0.346 e. The molecule has 0 heterocycles. The lowest BCUT2D eigenvalue weighted by Gasteiger charge is -2.30. The molecule has 0 radical (unpaired) electrons. The lowest BCUT2D eigenvalue weighted by Crippen LogP contribution is -2.54. The van der Waals surface area contributed by atoms with E-state index in [2.05, 4.69) is 5.32 Å². The lowest BCUT2D eigenvalue weighted by atomic mass is 9.95. The number of amides is 1. The summed E-state index contributed by atoms with van der Waals surface area (Å²) in [5, 5.41) is 2.98. The van der Waals surface area contributed by atoms with E-state index in [0.29, 0.717) is 0 Å². The van der Waals surface area contributed by atoms with Gasteiger partial charge in [-0.2, -0.15) is 0 Å². The number of aryl methyl sites for hydroxylation is 1. The number of carbonyl (C=O) groups is 1. The highest BCUT2D eigenvalue weighted by Crippen LogP contribution is 2.13. The van der Waals surface area contributed by atoms with Crippen molar-refractivity contribution in [2.45, 2.75) is 45.7 Å². The van der Waals surface area contributed by atoms with E-state index >= 15 is 0 Å². The minimum atomic E-state index is -0.405. The molecule has 0 aliphatic carbocycles. The fourth-order valence-electron chi connectivity index (χ4n) is 1.52. The van der Waals surface area contributed by atoms with Gasteiger partial charge in [0.25, 0.3) is 5.91 Å². The van der Waals surface area contributed by atoms with Crippen LogP contribution in [0.5, 0.6) is 0 Å². The number of nitrogens with two attached hydrogens (primary N) is 1. The van der Waals surface area contributed by atoms with E-state index in [1.807, 2.05) is 52.0 Å². The maximum Gasteiger partial charge on any atom is 0.252 e. The number of rotatable bonds is 4. The number of carbonyl (C=O) groups excluding carboxylic acids is 1. The van der Waals surface area contributed by atoms with Gasteiger partial charge in [0.2, 0.25) is 0 Å². The summed E-state index contributed by atoms with van der Waals surface area (Å²) in [6, 6.07) is 7.57. The van der Waals surface area contributed by atoms with Crippen molar-refractivity contribution in [3.63, 3.8) is 0 Å². The van der Waals surface area contributed by atoms with Crippen LogP contribution in [0, 0.1) is 0 Å². The van der Waals surface area contributed by atoms with Gasteiger partial charge in [-0.05, 0) is 38.8 Å². The first-order chi connectivity index (χ1) is 7.88. The van der Waals surface area contributed by atoms with E-state index in [1.165, 1.54) is 0 Å². The van der Waals surface area contributed by atoms with Gasteiger partial charge in [-0.15, -0.1) is 0 Å². The molecule has 1 unspecified atom stereocenters. The van der Waals surface area contributed by atoms with E-state index in [0.717, 1.165) is 17.5 Å². The normalized spacial score (nSPS) is 13.2. The molecule has 0 aromatic heterocycles. The maximum absolute atomic E-state index is 12.2. The zero-order valence-corrected chi connectivity index (χ0v) is 11.1. The Balaban J connectivity index is 2.91. The average molecular weight is 234 g/mol. The van der Waals surface area contributed by atoms with Crippen molar-refractivity contribution in [3.8, 4) is 0 Å². The standard InChI is InChI=1S/C14H22N2O/c1-5-11-8-6-7-9-12(11)13(17)16-14(3,4)10(2)15/h6-10H,5,15H2,1-4H3,(H,16,17). The summed E-state index contributed by atoms with van der Waals surface area (Å²) >= 11 is 0. The van der Waals surface area contributed by atoms with Crippen LogP contribution < -0.4 is 11.1 Å². The second-order valence-corrected chi connectivity index (χ2v) is 4.98. The molecule has 1 rings (SSSR count). The summed E-state index contributed by atoms with van der Waals surface area (Å²) in [6.45, 7) is 7.81. The Morgan fingerprint density at radius 3 is 2.53 bits per heavy atom. The summed E-state index contributed by atoms with van der Waals surface area (Å²) in [4.78, 5) is 12.2. The first kappa shape index (κ1) is 13.7. The summed E-state index contributed by atoms with van der Waals surface area (Å²) < 4.78 is 0. The van der Waals surface area contributed by atoms with Crippen molar-refractivity contribution < 1.29 is 4.79 Å². The number of nitrogens with one attached hydrogen (secondary N) is 1. The highest BCUT2D eigenvalue weighted by molar-refractivity contribution is 5.96. The second kappa shape index (κ2) is 5.32. The largest absolute Gasteiger partial charge is 0.346 e. The van der Waals surface area contributed by atoms with E-state index in [4.69, 9.17) is 5.73 Å². The number of hydrogen-bond acceptors (Lipinski definition) is 2. The van der Waals surface area contributed by atoms with E-state index in [-0.39, 0.29) is 11.9 Å². The van der Waals surface area contributed by atoms with Gasteiger partial charge in [-0.25, -0.2) is 0 Å². The highest BCUT2D eigenvalue weighted by Gasteiger charge is 2.25. The van der Waals surface area contributed by atoms with Gasteiger partial charge in [-0.3, -0.25) is 4.79 Å². The molecule has 1 aromatic rings. The number of hydrogen-bond donors (Lipinski definition) is 2. The molecule has 1 amide bonds. The van der Waals surface area contributed by atoms with Crippen molar-refractivity contribution in [1.82, 2.24) is 5.32 Å². The third kappa shape index (κ3) is 3.30. The van der Waals surface area contributed by atoms with E-state index < -0.39 is 5.54 Å². The Bertz CT molecular complexity index is 397. The predicted molar refractivity (Wildman–Crippen MR) is 71.0 cm³/mol. The van der Waals surface area contributed by atoms with Crippen molar-refractivity contribution in [2.75, 3.05) is 0 Å². The quantitative estimate of drug-likeness (QED) is 0.838. The van der Waals surface area contributed by atoms with Gasteiger partial charge in [0, 0.05) is 17.1 Å². The van der Waals surface area contributed by atoms with E-state index in [9.17, 15) is 4.79 Å². The molecule has 94 valence electrons. The molecule has 0 spiro atoms. The monoisotopic (exact) mass is 234 g/mol. The third-order valence-corrected chi connectivity index (χ3v) is 3.22. The van der Waals surface area contributed by atoms with Crippen LogP contribution in [-0.4, -0.2) is 17.5 Å². The molecule has 3 nitrogen and oxygen atoms in total. The molecular weight excluding hydrogens is 212 g/mol. The zero-order chi connectivity index (χ0) is 13.1. The summed E-state index contributed by atoms with van der Waals surface area (Å²) in [5.41, 5.74) is 7.25. The Morgan fingerprint density at radius 1 is 1.41 bits per heavy atom. The van der Waals surface area contributed by atoms with Gasteiger partial charge >= 0.3 is 0 Å². The Morgan fingerprint density at radius 2 is 2.00 bits per heavy atom. The maximum atomic E-state index is 12.2. The van der Waals surface area contributed by atoms with Gasteiger partial charge in [0.15, 0.2) is 0 Å². The summed E-state index contributed by atoms with van der Waals surface area (Å²) in [7, 11) is 0. The molecule has 1 aromatic carbocycles. The first-order valence-electron chi connectivity index (χ1n) is 6.04. The third-order valence-electron chi connectivity index (χ3n) is 3.22. The first-order valence-corrected chi connectivity index (χ1v) is 6.04. The van der Waals surface area contributed by atoms with Crippen molar-refractivity contribution in [1.29, 1.82) is 0 Å². The smallest absolute Gasteiger partial charge is 0.252 e. The van der Waals surface area contributed by atoms with Gasteiger partial charge in [-0.1, -0.05) is 25.1 Å². The molecular formula is C14H22N2O. The van der Waals surface area contributed by atoms with E-state index in [1.54, 1.807) is 0 Å². The topological polar surface area (TPSA) is 55.1 Å².